The van der Waals surface area contributed by atoms with Gasteiger partial charge in [0.15, 0.2) is 5.82 Å². The summed E-state index contributed by atoms with van der Waals surface area (Å²) >= 11 is 11.1. The van der Waals surface area contributed by atoms with Crippen molar-refractivity contribution in [1.29, 1.82) is 0 Å². The molecule has 0 aliphatic carbocycles. The van der Waals surface area contributed by atoms with E-state index in [1.807, 2.05) is 18.5 Å². The first-order valence-corrected chi connectivity index (χ1v) is 7.88. The number of nitrogens with zero attached hydrogens (tertiary/aromatic N) is 2. The number of thiophene rings is 1. The van der Waals surface area contributed by atoms with Gasteiger partial charge in [0.25, 0.3) is 0 Å². The number of halogens is 2. The fourth-order valence-corrected chi connectivity index (χ4v) is 3.63. The Balaban J connectivity index is 2.64. The van der Waals surface area contributed by atoms with E-state index in [9.17, 15) is 0 Å². The van der Waals surface area contributed by atoms with Crippen LogP contribution in [-0.4, -0.2) is 17.0 Å². The summed E-state index contributed by atoms with van der Waals surface area (Å²) in [6, 6.07) is 1.89. The maximum absolute atomic E-state index is 5.97. The van der Waals surface area contributed by atoms with Crippen LogP contribution in [-0.2, 0) is 5.41 Å². The van der Waals surface area contributed by atoms with E-state index in [1.54, 1.807) is 11.3 Å². The van der Waals surface area contributed by atoms with Crippen molar-refractivity contribution < 1.29 is 0 Å². The fourth-order valence-electron chi connectivity index (χ4n) is 1.65. The van der Waals surface area contributed by atoms with Crippen LogP contribution in [0.5, 0.6) is 0 Å². The highest BCUT2D eigenvalue weighted by molar-refractivity contribution is 9.10. The van der Waals surface area contributed by atoms with Crippen LogP contribution < -0.4 is 5.32 Å². The van der Waals surface area contributed by atoms with E-state index < -0.39 is 0 Å². The lowest BCUT2D eigenvalue weighted by Gasteiger charge is -2.21. The van der Waals surface area contributed by atoms with Crippen LogP contribution in [0.25, 0.3) is 10.7 Å². The summed E-state index contributed by atoms with van der Waals surface area (Å²) in [5.74, 6) is 1.49. The van der Waals surface area contributed by atoms with Gasteiger partial charge in [0, 0.05) is 17.8 Å². The number of aromatic nitrogens is 2. The Morgan fingerprint density at radius 3 is 2.47 bits per heavy atom. The van der Waals surface area contributed by atoms with E-state index in [1.165, 1.54) is 0 Å². The molecule has 0 atom stereocenters. The molecule has 3 nitrogen and oxygen atoms in total. The lowest BCUT2D eigenvalue weighted by Crippen LogP contribution is -2.16. The van der Waals surface area contributed by atoms with Crippen molar-refractivity contribution >= 4 is 44.7 Å². The molecule has 0 spiro atoms. The molecule has 0 saturated heterocycles. The molecule has 1 N–H and O–H groups in total. The van der Waals surface area contributed by atoms with Gasteiger partial charge in [-0.25, -0.2) is 9.97 Å². The lowest BCUT2D eigenvalue weighted by atomic mass is 9.92. The third-order valence-electron chi connectivity index (χ3n) is 2.59. The van der Waals surface area contributed by atoms with Gasteiger partial charge < -0.3 is 5.32 Å². The van der Waals surface area contributed by atoms with Gasteiger partial charge in [-0.15, -0.1) is 11.3 Å². The second-order valence-corrected chi connectivity index (χ2v) is 7.33. The zero-order valence-corrected chi connectivity index (χ0v) is 14.4. The van der Waals surface area contributed by atoms with Crippen LogP contribution in [0.3, 0.4) is 0 Å². The number of rotatable bonds is 2. The molecular formula is C13H15BrClN3S. The van der Waals surface area contributed by atoms with Gasteiger partial charge >= 0.3 is 0 Å². The summed E-state index contributed by atoms with van der Waals surface area (Å²) in [6.07, 6.45) is 0. The van der Waals surface area contributed by atoms with Crippen molar-refractivity contribution in [3.63, 3.8) is 0 Å². The second-order valence-electron chi connectivity index (χ2n) is 5.19. The average molecular weight is 361 g/mol. The molecular weight excluding hydrogens is 346 g/mol. The molecule has 0 aliphatic heterocycles. The van der Waals surface area contributed by atoms with Crippen LogP contribution >= 0.6 is 38.9 Å². The van der Waals surface area contributed by atoms with Gasteiger partial charge in [0.2, 0.25) is 0 Å². The number of hydrogen-bond donors (Lipinski definition) is 1. The molecule has 0 aromatic carbocycles. The summed E-state index contributed by atoms with van der Waals surface area (Å²) in [6.45, 7) is 6.39. The minimum atomic E-state index is -0.0663. The molecule has 0 saturated carbocycles. The maximum Gasteiger partial charge on any atom is 0.172 e. The number of nitrogens with one attached hydrogen (secondary N) is 1. The Hall–Kier alpha value is -0.650. The first kappa shape index (κ1) is 14.8. The molecule has 6 heteroatoms. The molecule has 0 bridgehead atoms. The van der Waals surface area contributed by atoms with Crippen LogP contribution in [0.4, 0.5) is 5.82 Å². The third kappa shape index (κ3) is 3.09. The molecule has 0 fully saturated rings. The summed E-state index contributed by atoms with van der Waals surface area (Å²) in [5, 5.41) is 5.70. The molecule has 2 heterocycles. The quantitative estimate of drug-likeness (QED) is 0.822. The van der Waals surface area contributed by atoms with Crippen LogP contribution in [0.2, 0.25) is 5.02 Å². The topological polar surface area (TPSA) is 37.8 Å². The number of anilines is 1. The van der Waals surface area contributed by atoms with Crippen LogP contribution in [0, 0.1) is 0 Å². The molecule has 2 rings (SSSR count). The van der Waals surface area contributed by atoms with Crippen molar-refractivity contribution in [1.82, 2.24) is 9.97 Å². The van der Waals surface area contributed by atoms with Gasteiger partial charge in [0.05, 0.1) is 20.1 Å². The van der Waals surface area contributed by atoms with Crippen LogP contribution in [0.15, 0.2) is 15.9 Å². The number of hydrogen-bond acceptors (Lipinski definition) is 4. The summed E-state index contributed by atoms with van der Waals surface area (Å²) in [4.78, 5) is 10.2. The predicted molar refractivity (Wildman–Crippen MR) is 86.3 cm³/mol. The van der Waals surface area contributed by atoms with E-state index in [0.29, 0.717) is 5.82 Å². The smallest absolute Gasteiger partial charge is 0.172 e. The normalized spacial score (nSPS) is 11.7. The Labute approximate surface area is 130 Å². The van der Waals surface area contributed by atoms with Crippen molar-refractivity contribution in [3.8, 4) is 10.7 Å². The molecule has 0 radical (unpaired) electrons. The Morgan fingerprint density at radius 2 is 2.00 bits per heavy atom. The van der Waals surface area contributed by atoms with E-state index in [4.69, 9.17) is 11.6 Å². The van der Waals surface area contributed by atoms with E-state index in [-0.39, 0.29) is 5.41 Å². The SMILES string of the molecule is CNc1nc(-c2cc(Cl)cs2)nc(C(C)(C)C)c1Br. The summed E-state index contributed by atoms with van der Waals surface area (Å²) in [7, 11) is 1.85. The largest absolute Gasteiger partial charge is 0.372 e. The molecule has 0 unspecified atom stereocenters. The van der Waals surface area contributed by atoms with Crippen molar-refractivity contribution in [2.75, 3.05) is 12.4 Å². The van der Waals surface area contributed by atoms with Crippen molar-refractivity contribution in [3.05, 3.63) is 26.6 Å². The first-order valence-electron chi connectivity index (χ1n) is 5.83. The summed E-state index contributed by atoms with van der Waals surface area (Å²) < 4.78 is 0.911. The highest BCUT2D eigenvalue weighted by Gasteiger charge is 2.23. The van der Waals surface area contributed by atoms with Gasteiger partial charge in [-0.05, 0) is 22.0 Å². The minimum absolute atomic E-state index is 0.0663. The second kappa shape index (κ2) is 5.38. The third-order valence-corrected chi connectivity index (χ3v) is 4.61. The monoisotopic (exact) mass is 359 g/mol. The fraction of sp³-hybridized carbons (Fsp3) is 0.385. The molecule has 102 valence electrons. The van der Waals surface area contributed by atoms with Crippen LogP contribution in [0.1, 0.15) is 26.5 Å². The predicted octanol–water partition coefficient (Wildman–Crippen LogP) is 4.96. The van der Waals surface area contributed by atoms with Gasteiger partial charge in [-0.3, -0.25) is 0 Å². The molecule has 2 aromatic heterocycles. The highest BCUT2D eigenvalue weighted by atomic mass is 79.9. The zero-order chi connectivity index (χ0) is 14.2. The summed E-state index contributed by atoms with van der Waals surface area (Å²) in [5.41, 5.74) is 0.912. The van der Waals surface area contributed by atoms with Crippen molar-refractivity contribution in [2.24, 2.45) is 0 Å². The van der Waals surface area contributed by atoms with Gasteiger partial charge in [-0.1, -0.05) is 32.4 Å². The van der Waals surface area contributed by atoms with Gasteiger partial charge in [0.1, 0.15) is 5.82 Å². The minimum Gasteiger partial charge on any atom is -0.372 e. The molecule has 19 heavy (non-hydrogen) atoms. The van der Waals surface area contributed by atoms with Gasteiger partial charge in [-0.2, -0.15) is 0 Å². The highest BCUT2D eigenvalue weighted by Crippen LogP contribution is 2.36. The van der Waals surface area contributed by atoms with E-state index in [0.717, 1.165) is 25.9 Å². The lowest BCUT2D eigenvalue weighted by molar-refractivity contribution is 0.564. The zero-order valence-electron chi connectivity index (χ0n) is 11.2. The molecule has 0 amide bonds. The molecule has 0 aliphatic rings. The maximum atomic E-state index is 5.97. The molecule has 2 aromatic rings. The Kier molecular flexibility index (Phi) is 4.18. The van der Waals surface area contributed by atoms with Crippen molar-refractivity contribution in [2.45, 2.75) is 26.2 Å². The standard InChI is InChI=1S/C13H15BrClN3S/c1-13(2,3)10-9(14)12(16-4)18-11(17-10)8-5-7(15)6-19-8/h5-6H,1-4H3,(H,16,17,18). The Morgan fingerprint density at radius 1 is 1.32 bits per heavy atom. The first-order chi connectivity index (χ1) is 8.82. The average Bonchev–Trinajstić information content (AvgIpc) is 2.74. The van der Waals surface area contributed by atoms with E-state index >= 15 is 0 Å². The van der Waals surface area contributed by atoms with E-state index in [2.05, 4.69) is 52.0 Å². The Bertz CT molecular complexity index is 604.